The molecule has 0 aliphatic rings. The fourth-order valence-electron chi connectivity index (χ4n) is 1.33. The topological polar surface area (TPSA) is 39.9 Å². The van der Waals surface area contributed by atoms with Crippen LogP contribution in [0.4, 0.5) is 0 Å². The molecule has 2 aromatic rings. The van der Waals surface area contributed by atoms with E-state index in [1.807, 2.05) is 25.5 Å². The van der Waals surface area contributed by atoms with E-state index in [9.17, 15) is 0 Å². The van der Waals surface area contributed by atoms with Crippen LogP contribution in [0.2, 0.25) is 0 Å². The summed E-state index contributed by atoms with van der Waals surface area (Å²) in [5.74, 6) is 0. The van der Waals surface area contributed by atoms with Crippen molar-refractivity contribution in [3.8, 4) is 0 Å². The Balaban J connectivity index is 2.50. The second-order valence-corrected chi connectivity index (χ2v) is 2.96. The van der Waals surface area contributed by atoms with E-state index in [-0.39, 0.29) is 0 Å². The number of methoxy groups -OCH3 is 1. The van der Waals surface area contributed by atoms with Crippen LogP contribution >= 0.6 is 0 Å². The zero-order chi connectivity index (χ0) is 9.26. The number of ether oxygens (including phenoxy) is 1. The fraction of sp³-hybridized carbons (Fsp3) is 0.333. The number of hydrogen-bond donors (Lipinski definition) is 0. The van der Waals surface area contributed by atoms with Gasteiger partial charge in [-0.2, -0.15) is 5.10 Å². The van der Waals surface area contributed by atoms with Crippen LogP contribution in [0.25, 0.3) is 11.0 Å². The van der Waals surface area contributed by atoms with E-state index in [1.54, 1.807) is 11.8 Å². The molecule has 0 amide bonds. The van der Waals surface area contributed by atoms with Crippen LogP contribution in [0.15, 0.2) is 18.5 Å². The number of pyridine rings is 1. The molecule has 4 nitrogen and oxygen atoms in total. The summed E-state index contributed by atoms with van der Waals surface area (Å²) in [5, 5.41) is 5.16. The minimum Gasteiger partial charge on any atom is -0.380 e. The van der Waals surface area contributed by atoms with Gasteiger partial charge in [0.05, 0.1) is 12.8 Å². The van der Waals surface area contributed by atoms with Crippen molar-refractivity contribution < 1.29 is 4.74 Å². The molecule has 0 N–H and O–H groups in total. The molecule has 4 heteroatoms. The van der Waals surface area contributed by atoms with E-state index in [0.717, 1.165) is 16.6 Å². The van der Waals surface area contributed by atoms with Crippen LogP contribution < -0.4 is 0 Å². The minimum absolute atomic E-state index is 0.595. The van der Waals surface area contributed by atoms with Crippen LogP contribution in [-0.4, -0.2) is 21.9 Å². The number of aryl methyl sites for hydroxylation is 1. The van der Waals surface area contributed by atoms with Crippen molar-refractivity contribution >= 4 is 11.0 Å². The summed E-state index contributed by atoms with van der Waals surface area (Å²) in [6.45, 7) is 0.595. The van der Waals surface area contributed by atoms with E-state index in [4.69, 9.17) is 4.74 Å². The van der Waals surface area contributed by atoms with Gasteiger partial charge < -0.3 is 4.74 Å². The Morgan fingerprint density at radius 1 is 1.46 bits per heavy atom. The van der Waals surface area contributed by atoms with Gasteiger partial charge in [-0.05, 0) is 11.6 Å². The summed E-state index contributed by atoms with van der Waals surface area (Å²) in [4.78, 5) is 4.28. The lowest BCUT2D eigenvalue weighted by atomic mass is 10.2. The molecule has 13 heavy (non-hydrogen) atoms. The summed E-state index contributed by atoms with van der Waals surface area (Å²) in [7, 11) is 3.55. The molecule has 68 valence electrons. The third-order valence-electron chi connectivity index (χ3n) is 1.94. The van der Waals surface area contributed by atoms with Crippen LogP contribution in [0, 0.1) is 0 Å². The SMILES string of the molecule is COCc1cnc2c(cnn2C)c1. The Hall–Kier alpha value is -1.42. The minimum atomic E-state index is 0.595. The molecule has 0 saturated heterocycles. The molecule has 0 fully saturated rings. The fourth-order valence-corrected chi connectivity index (χ4v) is 1.33. The molecule has 0 aliphatic carbocycles. The molecule has 2 rings (SSSR count). The molecule has 0 aromatic carbocycles. The van der Waals surface area contributed by atoms with Gasteiger partial charge in [0.25, 0.3) is 0 Å². The van der Waals surface area contributed by atoms with Gasteiger partial charge >= 0.3 is 0 Å². The Kier molecular flexibility index (Phi) is 1.98. The molecule has 0 aliphatic heterocycles. The van der Waals surface area contributed by atoms with E-state index in [0.29, 0.717) is 6.61 Å². The lowest BCUT2D eigenvalue weighted by molar-refractivity contribution is 0.184. The normalized spacial score (nSPS) is 10.9. The van der Waals surface area contributed by atoms with Gasteiger partial charge in [-0.25, -0.2) is 4.98 Å². The van der Waals surface area contributed by atoms with Gasteiger partial charge in [-0.1, -0.05) is 0 Å². The quantitative estimate of drug-likeness (QED) is 0.690. The standard InChI is InChI=1S/C9H11N3O/c1-12-9-8(5-11-12)3-7(4-10-9)6-13-2/h3-5H,6H2,1-2H3. The average Bonchev–Trinajstić information content (AvgIpc) is 2.48. The smallest absolute Gasteiger partial charge is 0.157 e. The second-order valence-electron chi connectivity index (χ2n) is 2.96. The highest BCUT2D eigenvalue weighted by Gasteiger charge is 2.01. The summed E-state index contributed by atoms with van der Waals surface area (Å²) in [5.41, 5.74) is 1.97. The van der Waals surface area contributed by atoms with Gasteiger partial charge in [0.1, 0.15) is 0 Å². The van der Waals surface area contributed by atoms with Crippen molar-refractivity contribution in [3.63, 3.8) is 0 Å². The Morgan fingerprint density at radius 3 is 3.08 bits per heavy atom. The van der Waals surface area contributed by atoms with Crippen molar-refractivity contribution in [2.75, 3.05) is 7.11 Å². The summed E-state index contributed by atoms with van der Waals surface area (Å²) >= 11 is 0. The number of fused-ring (bicyclic) bond motifs is 1. The average molecular weight is 177 g/mol. The maximum absolute atomic E-state index is 5.02. The number of hydrogen-bond acceptors (Lipinski definition) is 3. The van der Waals surface area contributed by atoms with E-state index in [1.165, 1.54) is 0 Å². The van der Waals surface area contributed by atoms with Gasteiger partial charge in [0.15, 0.2) is 5.65 Å². The van der Waals surface area contributed by atoms with E-state index >= 15 is 0 Å². The predicted molar refractivity (Wildman–Crippen MR) is 49.2 cm³/mol. The first kappa shape index (κ1) is 8.19. The molecule has 0 bridgehead atoms. The zero-order valence-electron chi connectivity index (χ0n) is 7.69. The maximum atomic E-state index is 5.02. The van der Waals surface area contributed by atoms with Crippen LogP contribution in [0.1, 0.15) is 5.56 Å². The van der Waals surface area contributed by atoms with Crippen molar-refractivity contribution in [2.24, 2.45) is 7.05 Å². The monoisotopic (exact) mass is 177 g/mol. The summed E-state index contributed by atoms with van der Waals surface area (Å²) < 4.78 is 6.77. The Morgan fingerprint density at radius 2 is 2.31 bits per heavy atom. The molecule has 0 unspecified atom stereocenters. The van der Waals surface area contributed by atoms with Gasteiger partial charge in [-0.3, -0.25) is 4.68 Å². The Bertz CT molecular complexity index is 422. The van der Waals surface area contributed by atoms with Crippen LogP contribution in [-0.2, 0) is 18.4 Å². The van der Waals surface area contributed by atoms with E-state index < -0.39 is 0 Å². The van der Waals surface area contributed by atoms with Gasteiger partial charge in [0, 0.05) is 25.7 Å². The highest BCUT2D eigenvalue weighted by atomic mass is 16.5. The second kappa shape index (κ2) is 3.14. The molecule has 2 heterocycles. The number of rotatable bonds is 2. The Labute approximate surface area is 76.1 Å². The highest BCUT2D eigenvalue weighted by Crippen LogP contribution is 2.11. The first-order chi connectivity index (χ1) is 6.31. The first-order valence-electron chi connectivity index (χ1n) is 4.07. The lowest BCUT2D eigenvalue weighted by Crippen LogP contribution is -1.93. The maximum Gasteiger partial charge on any atom is 0.157 e. The van der Waals surface area contributed by atoms with E-state index in [2.05, 4.69) is 10.1 Å². The lowest BCUT2D eigenvalue weighted by Gasteiger charge is -1.98. The zero-order valence-corrected chi connectivity index (χ0v) is 7.69. The van der Waals surface area contributed by atoms with Crippen LogP contribution in [0.5, 0.6) is 0 Å². The molecule has 2 aromatic heterocycles. The third kappa shape index (κ3) is 1.40. The first-order valence-corrected chi connectivity index (χ1v) is 4.07. The molecule has 0 atom stereocenters. The van der Waals surface area contributed by atoms with Gasteiger partial charge in [-0.15, -0.1) is 0 Å². The van der Waals surface area contributed by atoms with Crippen molar-refractivity contribution in [1.82, 2.24) is 14.8 Å². The summed E-state index contributed by atoms with van der Waals surface area (Å²) in [6, 6.07) is 2.04. The predicted octanol–water partition coefficient (Wildman–Crippen LogP) is 1.11. The van der Waals surface area contributed by atoms with Crippen molar-refractivity contribution in [1.29, 1.82) is 0 Å². The number of aromatic nitrogens is 3. The van der Waals surface area contributed by atoms with Gasteiger partial charge in [0.2, 0.25) is 0 Å². The molecule has 0 saturated carbocycles. The van der Waals surface area contributed by atoms with Crippen molar-refractivity contribution in [2.45, 2.75) is 6.61 Å². The third-order valence-corrected chi connectivity index (χ3v) is 1.94. The molecule has 0 spiro atoms. The summed E-state index contributed by atoms with van der Waals surface area (Å²) in [6.07, 6.45) is 3.62. The largest absolute Gasteiger partial charge is 0.380 e. The van der Waals surface area contributed by atoms with Crippen molar-refractivity contribution in [3.05, 3.63) is 24.0 Å². The number of nitrogens with zero attached hydrogens (tertiary/aromatic N) is 3. The molecular formula is C9H11N3O. The van der Waals surface area contributed by atoms with Crippen LogP contribution in [0.3, 0.4) is 0 Å². The molecular weight excluding hydrogens is 166 g/mol. The highest BCUT2D eigenvalue weighted by molar-refractivity contribution is 5.74. The molecule has 0 radical (unpaired) electrons.